The molecule has 8 nitrogen and oxygen atoms in total. The number of halogens is 1. The van der Waals surface area contributed by atoms with Crippen molar-refractivity contribution in [1.29, 1.82) is 0 Å². The molecular weight excluding hydrogens is 406 g/mol. The van der Waals surface area contributed by atoms with E-state index in [-0.39, 0.29) is 25.4 Å². The number of hydrogen-bond donors (Lipinski definition) is 2. The Hall–Kier alpha value is -1.23. The Balaban J connectivity index is 1.57. The van der Waals surface area contributed by atoms with Crippen molar-refractivity contribution in [2.45, 2.75) is 18.1 Å². The van der Waals surface area contributed by atoms with E-state index in [4.69, 9.17) is 11.6 Å². The molecule has 0 aliphatic carbocycles. The first kappa shape index (κ1) is 21.5. The zero-order valence-corrected chi connectivity index (χ0v) is 17.4. The first-order valence-corrected chi connectivity index (χ1v) is 11.4. The highest BCUT2D eigenvalue weighted by Gasteiger charge is 2.43. The van der Waals surface area contributed by atoms with Crippen molar-refractivity contribution in [3.05, 3.63) is 34.9 Å². The molecule has 2 aliphatic heterocycles. The summed E-state index contributed by atoms with van der Waals surface area (Å²) in [5.74, 6) is -0.209. The molecule has 0 aromatic heterocycles. The summed E-state index contributed by atoms with van der Waals surface area (Å²) in [5, 5.41) is 22.0. The minimum absolute atomic E-state index is 0.0429. The van der Waals surface area contributed by atoms with E-state index in [0.717, 1.165) is 0 Å². The summed E-state index contributed by atoms with van der Waals surface area (Å²) in [5.41, 5.74) is -0.844. The Morgan fingerprint density at radius 2 is 1.79 bits per heavy atom. The molecule has 0 spiro atoms. The zero-order valence-electron chi connectivity index (χ0n) is 15.8. The summed E-state index contributed by atoms with van der Waals surface area (Å²) < 4.78 is 24.6. The Morgan fingerprint density at radius 3 is 2.32 bits per heavy atom. The van der Waals surface area contributed by atoms with Crippen molar-refractivity contribution in [1.82, 2.24) is 14.1 Å². The number of carbonyl (C=O) groups excluding carboxylic acids is 1. The molecule has 1 amide bonds. The van der Waals surface area contributed by atoms with E-state index in [1.165, 1.54) is 15.5 Å². The van der Waals surface area contributed by atoms with Crippen molar-refractivity contribution in [2.75, 3.05) is 52.1 Å². The largest absolute Gasteiger partial charge is 0.388 e. The van der Waals surface area contributed by atoms with Crippen molar-refractivity contribution in [3.63, 3.8) is 0 Å². The summed E-state index contributed by atoms with van der Waals surface area (Å²) in [6, 6.07) is 6.56. The predicted molar refractivity (Wildman–Crippen MR) is 106 cm³/mol. The van der Waals surface area contributed by atoms with Crippen LogP contribution in [0.15, 0.2) is 24.3 Å². The number of piperazine rings is 1. The predicted octanol–water partition coefficient (Wildman–Crippen LogP) is -0.145. The monoisotopic (exact) mass is 431 g/mol. The zero-order chi connectivity index (χ0) is 20.5. The molecule has 2 N–H and O–H groups in total. The van der Waals surface area contributed by atoms with Crippen LogP contribution in [0.1, 0.15) is 16.8 Å². The molecule has 2 heterocycles. The van der Waals surface area contributed by atoms with Gasteiger partial charge >= 0.3 is 0 Å². The highest BCUT2D eigenvalue weighted by Crippen LogP contribution is 2.26. The van der Waals surface area contributed by atoms with Gasteiger partial charge in [0, 0.05) is 56.4 Å². The number of rotatable bonds is 4. The number of benzene rings is 1. The van der Waals surface area contributed by atoms with Crippen molar-refractivity contribution in [2.24, 2.45) is 0 Å². The summed E-state index contributed by atoms with van der Waals surface area (Å²) in [6.45, 7) is 2.34. The van der Waals surface area contributed by atoms with E-state index >= 15 is 0 Å². The fourth-order valence-corrected chi connectivity index (χ4v) is 4.67. The normalized spacial score (nSPS) is 27.7. The third-order valence-electron chi connectivity index (χ3n) is 5.50. The lowest BCUT2D eigenvalue weighted by Gasteiger charge is -2.45. The third-order valence-corrected chi connectivity index (χ3v) is 7.06. The van der Waals surface area contributed by atoms with E-state index in [1.54, 1.807) is 24.3 Å². The van der Waals surface area contributed by atoms with Gasteiger partial charge in [-0.15, -0.1) is 0 Å². The molecule has 10 heteroatoms. The maximum atomic E-state index is 12.6. The molecule has 28 heavy (non-hydrogen) atoms. The molecule has 3 rings (SSSR count). The number of piperidine rings is 1. The van der Waals surface area contributed by atoms with Crippen LogP contribution in [0.4, 0.5) is 0 Å². The number of nitrogens with zero attached hydrogens (tertiary/aromatic N) is 3. The Morgan fingerprint density at radius 1 is 1.18 bits per heavy atom. The van der Waals surface area contributed by atoms with Gasteiger partial charge in [-0.1, -0.05) is 11.6 Å². The molecule has 0 unspecified atom stereocenters. The van der Waals surface area contributed by atoms with E-state index < -0.39 is 21.7 Å². The van der Waals surface area contributed by atoms with Crippen LogP contribution < -0.4 is 0 Å². The minimum Gasteiger partial charge on any atom is -0.388 e. The number of aliphatic hydroxyl groups is 2. The highest BCUT2D eigenvalue weighted by molar-refractivity contribution is 7.88. The molecule has 156 valence electrons. The first-order valence-electron chi connectivity index (χ1n) is 9.21. The van der Waals surface area contributed by atoms with E-state index in [2.05, 4.69) is 0 Å². The second-order valence-corrected chi connectivity index (χ2v) is 9.98. The van der Waals surface area contributed by atoms with Gasteiger partial charge in [0.15, 0.2) is 0 Å². The molecule has 2 atom stereocenters. The topological polar surface area (TPSA) is 101 Å². The number of aliphatic hydroxyl groups excluding tert-OH is 1. The standard InChI is InChI=1S/C18H26ClN3O5S/c1-28(26,27)22-10-8-20(9-11-22)13-18(25)6-7-21(12-16(18)23)17(24)14-2-4-15(19)5-3-14/h2-5,16,23,25H,6-13H2,1H3/t16-,18-/m0/s1. The highest BCUT2D eigenvalue weighted by atomic mass is 35.5. The SMILES string of the molecule is CS(=O)(=O)N1CCN(C[C@@]2(O)CCN(C(=O)c3ccc(Cl)cc3)C[C@@H]2O)CC1. The van der Waals surface area contributed by atoms with Crippen molar-refractivity contribution >= 4 is 27.5 Å². The van der Waals surface area contributed by atoms with Gasteiger partial charge in [-0.2, -0.15) is 4.31 Å². The smallest absolute Gasteiger partial charge is 0.253 e. The second kappa shape index (κ2) is 8.25. The lowest BCUT2D eigenvalue weighted by Crippen LogP contribution is -2.62. The lowest BCUT2D eigenvalue weighted by atomic mass is 9.87. The van der Waals surface area contributed by atoms with Crippen LogP contribution in [0.3, 0.4) is 0 Å². The minimum atomic E-state index is -3.21. The van der Waals surface area contributed by atoms with Gasteiger partial charge < -0.3 is 15.1 Å². The summed E-state index contributed by atoms with van der Waals surface area (Å²) in [7, 11) is -3.21. The Kier molecular flexibility index (Phi) is 6.33. The number of amides is 1. The molecule has 0 saturated carbocycles. The molecular formula is C18H26ClN3O5S. The van der Waals surface area contributed by atoms with E-state index in [1.807, 2.05) is 4.90 Å². The lowest BCUT2D eigenvalue weighted by molar-refractivity contribution is -0.127. The fraction of sp³-hybridized carbons (Fsp3) is 0.611. The van der Waals surface area contributed by atoms with Gasteiger partial charge in [0.1, 0.15) is 11.7 Å². The Labute approximate surface area is 170 Å². The average molecular weight is 432 g/mol. The van der Waals surface area contributed by atoms with Crippen LogP contribution >= 0.6 is 11.6 Å². The molecule has 2 saturated heterocycles. The quantitative estimate of drug-likeness (QED) is 0.687. The number of carbonyl (C=O) groups is 1. The van der Waals surface area contributed by atoms with Gasteiger partial charge in [0.2, 0.25) is 10.0 Å². The fourth-order valence-electron chi connectivity index (χ4n) is 3.72. The molecule has 2 aliphatic rings. The number of likely N-dealkylation sites (tertiary alicyclic amines) is 1. The van der Waals surface area contributed by atoms with Gasteiger partial charge in [-0.3, -0.25) is 9.69 Å². The van der Waals surface area contributed by atoms with Gasteiger partial charge in [0.25, 0.3) is 5.91 Å². The van der Waals surface area contributed by atoms with Crippen molar-refractivity contribution in [3.8, 4) is 0 Å². The maximum Gasteiger partial charge on any atom is 0.253 e. The van der Waals surface area contributed by atoms with Crippen LogP contribution in [-0.2, 0) is 10.0 Å². The van der Waals surface area contributed by atoms with Gasteiger partial charge in [0.05, 0.1) is 6.26 Å². The average Bonchev–Trinajstić information content (AvgIpc) is 2.64. The summed E-state index contributed by atoms with van der Waals surface area (Å²) in [6.07, 6.45) is 0.359. The summed E-state index contributed by atoms with van der Waals surface area (Å²) in [4.78, 5) is 16.1. The molecule has 1 aromatic carbocycles. The van der Waals surface area contributed by atoms with Crippen LogP contribution in [0, 0.1) is 0 Å². The van der Waals surface area contributed by atoms with Crippen LogP contribution in [0.2, 0.25) is 5.02 Å². The molecule has 1 aromatic rings. The van der Waals surface area contributed by atoms with Crippen LogP contribution in [0.5, 0.6) is 0 Å². The summed E-state index contributed by atoms with van der Waals surface area (Å²) >= 11 is 5.85. The second-order valence-electron chi connectivity index (χ2n) is 7.57. The maximum absolute atomic E-state index is 12.6. The van der Waals surface area contributed by atoms with Gasteiger partial charge in [-0.05, 0) is 30.7 Å². The van der Waals surface area contributed by atoms with Crippen molar-refractivity contribution < 1.29 is 23.4 Å². The van der Waals surface area contributed by atoms with Crippen LogP contribution in [-0.4, -0.2) is 102 Å². The third kappa shape index (κ3) is 4.84. The number of hydrogen-bond acceptors (Lipinski definition) is 6. The van der Waals surface area contributed by atoms with Gasteiger partial charge in [-0.25, -0.2) is 8.42 Å². The molecule has 0 radical (unpaired) electrons. The molecule has 0 bridgehead atoms. The number of β-amino-alcohol motifs (C(OH)–C–C–N with tert-alkyl or cyclic N) is 2. The Bertz CT molecular complexity index is 811. The van der Waals surface area contributed by atoms with E-state index in [0.29, 0.717) is 43.3 Å². The van der Waals surface area contributed by atoms with E-state index in [9.17, 15) is 23.4 Å². The number of sulfonamides is 1. The first-order chi connectivity index (χ1) is 13.1. The molecule has 2 fully saturated rings. The van der Waals surface area contributed by atoms with Crippen LogP contribution in [0.25, 0.3) is 0 Å².